The SMILES string of the molecule is Cc1ccccc1[C@H](O)C1CCCCCC1. The molecule has 1 fully saturated rings. The molecule has 0 aliphatic heterocycles. The molecule has 0 bridgehead atoms. The monoisotopic (exact) mass is 218 g/mol. The van der Waals surface area contributed by atoms with Gasteiger partial charge in [-0.25, -0.2) is 0 Å². The standard InChI is InChI=1S/C15H22O/c1-12-8-6-7-11-14(12)15(16)13-9-4-2-3-5-10-13/h6-8,11,13,15-16H,2-5,9-10H2,1H3/t15-/m1/s1. The van der Waals surface area contributed by atoms with Crippen molar-refractivity contribution >= 4 is 0 Å². The molecule has 1 N–H and O–H groups in total. The molecule has 1 atom stereocenters. The third kappa shape index (κ3) is 2.65. The molecule has 1 aliphatic carbocycles. The molecule has 1 aliphatic rings. The van der Waals surface area contributed by atoms with Gasteiger partial charge in [-0.3, -0.25) is 0 Å². The van der Waals surface area contributed by atoms with Crippen LogP contribution in [0, 0.1) is 12.8 Å². The van der Waals surface area contributed by atoms with Gasteiger partial charge in [0.15, 0.2) is 0 Å². The average molecular weight is 218 g/mol. The predicted molar refractivity (Wildman–Crippen MR) is 67.3 cm³/mol. The van der Waals surface area contributed by atoms with E-state index < -0.39 is 0 Å². The molecule has 1 saturated carbocycles. The van der Waals surface area contributed by atoms with Crippen LogP contribution in [0.3, 0.4) is 0 Å². The highest BCUT2D eigenvalue weighted by molar-refractivity contribution is 5.28. The second-order valence-electron chi connectivity index (χ2n) is 5.05. The van der Waals surface area contributed by atoms with Crippen molar-refractivity contribution in [1.82, 2.24) is 0 Å². The van der Waals surface area contributed by atoms with E-state index in [4.69, 9.17) is 0 Å². The van der Waals surface area contributed by atoms with E-state index >= 15 is 0 Å². The largest absolute Gasteiger partial charge is 0.388 e. The number of hydrogen-bond acceptors (Lipinski definition) is 1. The third-order valence-corrected chi connectivity index (χ3v) is 3.85. The summed E-state index contributed by atoms with van der Waals surface area (Å²) >= 11 is 0. The van der Waals surface area contributed by atoms with Crippen LogP contribution in [-0.4, -0.2) is 5.11 Å². The molecule has 88 valence electrons. The Morgan fingerprint density at radius 2 is 1.69 bits per heavy atom. The number of hydrogen-bond donors (Lipinski definition) is 1. The van der Waals surface area contributed by atoms with Crippen molar-refractivity contribution in [2.75, 3.05) is 0 Å². The number of aryl methyl sites for hydroxylation is 1. The quantitative estimate of drug-likeness (QED) is 0.744. The van der Waals surface area contributed by atoms with Crippen molar-refractivity contribution in [2.45, 2.75) is 51.6 Å². The fourth-order valence-corrected chi connectivity index (χ4v) is 2.80. The summed E-state index contributed by atoms with van der Waals surface area (Å²) in [6.07, 6.45) is 7.39. The number of benzene rings is 1. The molecule has 0 aromatic heterocycles. The van der Waals surface area contributed by atoms with Crippen LogP contribution in [0.5, 0.6) is 0 Å². The lowest BCUT2D eigenvalue weighted by Crippen LogP contribution is -2.13. The maximum absolute atomic E-state index is 10.5. The molecule has 0 saturated heterocycles. The predicted octanol–water partition coefficient (Wildman–Crippen LogP) is 4.00. The zero-order valence-corrected chi connectivity index (χ0v) is 10.2. The van der Waals surface area contributed by atoms with Crippen LogP contribution in [0.4, 0.5) is 0 Å². The highest BCUT2D eigenvalue weighted by Crippen LogP contribution is 2.34. The number of aliphatic hydroxyl groups is 1. The fraction of sp³-hybridized carbons (Fsp3) is 0.600. The Kier molecular flexibility index (Phi) is 4.00. The highest BCUT2D eigenvalue weighted by atomic mass is 16.3. The lowest BCUT2D eigenvalue weighted by molar-refractivity contribution is 0.0982. The van der Waals surface area contributed by atoms with E-state index in [0.717, 1.165) is 5.56 Å². The molecule has 2 rings (SSSR count). The molecule has 0 radical (unpaired) electrons. The Morgan fingerprint density at radius 3 is 2.31 bits per heavy atom. The van der Waals surface area contributed by atoms with Gasteiger partial charge in [0.25, 0.3) is 0 Å². The van der Waals surface area contributed by atoms with E-state index in [-0.39, 0.29) is 6.10 Å². The fourth-order valence-electron chi connectivity index (χ4n) is 2.80. The summed E-state index contributed by atoms with van der Waals surface area (Å²) in [5.41, 5.74) is 2.36. The summed E-state index contributed by atoms with van der Waals surface area (Å²) in [4.78, 5) is 0. The molecule has 0 unspecified atom stereocenters. The van der Waals surface area contributed by atoms with Crippen LogP contribution < -0.4 is 0 Å². The summed E-state index contributed by atoms with van der Waals surface area (Å²) in [5.74, 6) is 0.476. The maximum atomic E-state index is 10.5. The van der Waals surface area contributed by atoms with Gasteiger partial charge in [-0.2, -0.15) is 0 Å². The Bertz CT molecular complexity index is 324. The van der Waals surface area contributed by atoms with Gasteiger partial charge >= 0.3 is 0 Å². The van der Waals surface area contributed by atoms with Crippen molar-refractivity contribution in [3.63, 3.8) is 0 Å². The highest BCUT2D eigenvalue weighted by Gasteiger charge is 2.22. The molecule has 0 amide bonds. The number of rotatable bonds is 2. The summed E-state index contributed by atoms with van der Waals surface area (Å²) < 4.78 is 0. The molecule has 1 nitrogen and oxygen atoms in total. The lowest BCUT2D eigenvalue weighted by atomic mass is 9.88. The minimum absolute atomic E-state index is 0.251. The molecule has 1 heteroatoms. The Hall–Kier alpha value is -0.820. The van der Waals surface area contributed by atoms with E-state index in [1.165, 1.54) is 44.1 Å². The van der Waals surface area contributed by atoms with Crippen molar-refractivity contribution < 1.29 is 5.11 Å². The van der Waals surface area contributed by atoms with Crippen LogP contribution in [-0.2, 0) is 0 Å². The third-order valence-electron chi connectivity index (χ3n) is 3.85. The van der Waals surface area contributed by atoms with Gasteiger partial charge in [-0.15, -0.1) is 0 Å². The summed E-state index contributed by atoms with van der Waals surface area (Å²) in [5, 5.41) is 10.5. The smallest absolute Gasteiger partial charge is 0.0820 e. The van der Waals surface area contributed by atoms with Gasteiger partial charge in [-0.1, -0.05) is 49.9 Å². The van der Waals surface area contributed by atoms with E-state index in [9.17, 15) is 5.11 Å². The molecule has 1 aromatic carbocycles. The number of aliphatic hydroxyl groups excluding tert-OH is 1. The van der Waals surface area contributed by atoms with Gasteiger partial charge < -0.3 is 5.11 Å². The second kappa shape index (κ2) is 5.49. The van der Waals surface area contributed by atoms with Gasteiger partial charge in [0.1, 0.15) is 0 Å². The first kappa shape index (κ1) is 11.7. The Morgan fingerprint density at radius 1 is 1.06 bits per heavy atom. The first-order valence-corrected chi connectivity index (χ1v) is 6.52. The second-order valence-corrected chi connectivity index (χ2v) is 5.05. The molecule has 0 heterocycles. The van der Waals surface area contributed by atoms with Crippen LogP contribution >= 0.6 is 0 Å². The molecule has 16 heavy (non-hydrogen) atoms. The minimum atomic E-state index is -0.251. The zero-order chi connectivity index (χ0) is 11.4. The van der Waals surface area contributed by atoms with E-state index in [2.05, 4.69) is 19.1 Å². The van der Waals surface area contributed by atoms with E-state index in [1.807, 2.05) is 12.1 Å². The van der Waals surface area contributed by atoms with Crippen molar-refractivity contribution in [3.8, 4) is 0 Å². The minimum Gasteiger partial charge on any atom is -0.388 e. The molecule has 0 spiro atoms. The molecule has 1 aromatic rings. The lowest BCUT2D eigenvalue weighted by Gasteiger charge is -2.23. The Labute approximate surface area is 98.5 Å². The van der Waals surface area contributed by atoms with Crippen LogP contribution in [0.25, 0.3) is 0 Å². The van der Waals surface area contributed by atoms with Crippen LogP contribution in [0.1, 0.15) is 55.8 Å². The topological polar surface area (TPSA) is 20.2 Å². The average Bonchev–Trinajstić information content (AvgIpc) is 2.57. The van der Waals surface area contributed by atoms with Crippen molar-refractivity contribution in [2.24, 2.45) is 5.92 Å². The van der Waals surface area contributed by atoms with Crippen LogP contribution in [0.2, 0.25) is 0 Å². The van der Waals surface area contributed by atoms with E-state index in [0.29, 0.717) is 5.92 Å². The summed E-state index contributed by atoms with van der Waals surface area (Å²) in [7, 11) is 0. The summed E-state index contributed by atoms with van der Waals surface area (Å²) in [6.45, 7) is 2.09. The van der Waals surface area contributed by atoms with E-state index in [1.54, 1.807) is 0 Å². The first-order valence-electron chi connectivity index (χ1n) is 6.52. The van der Waals surface area contributed by atoms with Crippen molar-refractivity contribution in [1.29, 1.82) is 0 Å². The maximum Gasteiger partial charge on any atom is 0.0820 e. The van der Waals surface area contributed by atoms with Gasteiger partial charge in [0.05, 0.1) is 6.10 Å². The normalized spacial score (nSPS) is 20.4. The van der Waals surface area contributed by atoms with Crippen molar-refractivity contribution in [3.05, 3.63) is 35.4 Å². The molecular formula is C15H22O. The Balaban J connectivity index is 2.11. The van der Waals surface area contributed by atoms with Gasteiger partial charge in [0, 0.05) is 0 Å². The summed E-state index contributed by atoms with van der Waals surface area (Å²) in [6, 6.07) is 8.24. The van der Waals surface area contributed by atoms with Gasteiger partial charge in [0.2, 0.25) is 0 Å². The van der Waals surface area contributed by atoms with Gasteiger partial charge in [-0.05, 0) is 36.8 Å². The van der Waals surface area contributed by atoms with Crippen LogP contribution in [0.15, 0.2) is 24.3 Å². The molecular weight excluding hydrogens is 196 g/mol. The first-order chi connectivity index (χ1) is 7.79. The zero-order valence-electron chi connectivity index (χ0n) is 10.2.